The minimum atomic E-state index is -2.83. The van der Waals surface area contributed by atoms with Crippen LogP contribution >= 0.6 is 0 Å². The molecule has 1 fully saturated rings. The molecule has 0 saturated carbocycles. The van der Waals surface area contributed by atoms with Crippen molar-refractivity contribution in [2.24, 2.45) is 0 Å². The molecule has 0 atom stereocenters. The highest BCUT2D eigenvalue weighted by Crippen LogP contribution is 2.15. The first-order chi connectivity index (χ1) is 14.5. The number of alkyl halides is 2. The number of carbonyl (C=O) groups excluding carboxylic acids is 1. The van der Waals surface area contributed by atoms with Crippen molar-refractivity contribution in [3.63, 3.8) is 0 Å². The molecule has 1 aliphatic rings. The van der Waals surface area contributed by atoms with Crippen LogP contribution in [0.2, 0.25) is 0 Å². The van der Waals surface area contributed by atoms with Gasteiger partial charge in [-0.25, -0.2) is 4.79 Å². The zero-order chi connectivity index (χ0) is 21.3. The van der Waals surface area contributed by atoms with Crippen LogP contribution in [0.15, 0.2) is 48.5 Å². The molecule has 1 aliphatic heterocycles. The van der Waals surface area contributed by atoms with Gasteiger partial charge in [0.05, 0.1) is 11.6 Å². The number of nitrogens with zero attached hydrogens (tertiary/aromatic N) is 3. The predicted octanol–water partition coefficient (Wildman–Crippen LogP) is 3.23. The Morgan fingerprint density at radius 2 is 1.67 bits per heavy atom. The molecule has 3 rings (SSSR count). The highest BCUT2D eigenvalue weighted by molar-refractivity contribution is 5.74. The number of hydrogen-bond acceptors (Lipinski definition) is 4. The Kier molecular flexibility index (Phi) is 7.57. The Bertz CT molecular complexity index is 858. The maximum absolute atomic E-state index is 12.4. The van der Waals surface area contributed by atoms with Crippen LogP contribution in [0, 0.1) is 11.3 Å². The summed E-state index contributed by atoms with van der Waals surface area (Å²) in [4.78, 5) is 16.4. The SMILES string of the molecule is N#Cc1ccc(CN2CCN(C(=O)NCCc3ccc(OC(F)F)cc3)CC2)cc1. The quantitative estimate of drug-likeness (QED) is 0.755. The Morgan fingerprint density at radius 1 is 1.03 bits per heavy atom. The third kappa shape index (κ3) is 6.42. The molecule has 0 aliphatic carbocycles. The van der Waals surface area contributed by atoms with E-state index in [1.165, 1.54) is 12.1 Å². The fraction of sp³-hybridized carbons (Fsp3) is 0.364. The number of amides is 2. The Hall–Kier alpha value is -3.18. The summed E-state index contributed by atoms with van der Waals surface area (Å²) in [5, 5.41) is 11.8. The van der Waals surface area contributed by atoms with E-state index in [4.69, 9.17) is 5.26 Å². The first-order valence-electron chi connectivity index (χ1n) is 9.81. The zero-order valence-corrected chi connectivity index (χ0v) is 16.6. The first-order valence-corrected chi connectivity index (χ1v) is 9.81. The van der Waals surface area contributed by atoms with Gasteiger partial charge >= 0.3 is 12.6 Å². The molecule has 1 N–H and O–H groups in total. The van der Waals surface area contributed by atoms with E-state index in [9.17, 15) is 13.6 Å². The van der Waals surface area contributed by atoms with Gasteiger partial charge in [-0.2, -0.15) is 14.0 Å². The molecule has 0 unspecified atom stereocenters. The number of urea groups is 1. The van der Waals surface area contributed by atoms with Crippen LogP contribution in [-0.2, 0) is 13.0 Å². The Morgan fingerprint density at radius 3 is 2.27 bits per heavy atom. The van der Waals surface area contributed by atoms with Crippen molar-refractivity contribution in [1.82, 2.24) is 15.1 Å². The van der Waals surface area contributed by atoms with Crippen LogP contribution in [0.5, 0.6) is 5.75 Å². The lowest BCUT2D eigenvalue weighted by Gasteiger charge is -2.34. The number of carbonyl (C=O) groups is 1. The van der Waals surface area contributed by atoms with Gasteiger partial charge in [0, 0.05) is 39.3 Å². The number of halogens is 2. The zero-order valence-electron chi connectivity index (χ0n) is 16.6. The molecule has 2 amide bonds. The van der Waals surface area contributed by atoms with Crippen LogP contribution in [0.1, 0.15) is 16.7 Å². The van der Waals surface area contributed by atoms with Gasteiger partial charge in [0.1, 0.15) is 5.75 Å². The van der Waals surface area contributed by atoms with Gasteiger partial charge in [0.15, 0.2) is 0 Å². The summed E-state index contributed by atoms with van der Waals surface area (Å²) in [7, 11) is 0. The van der Waals surface area contributed by atoms with Crippen LogP contribution in [0.25, 0.3) is 0 Å². The van der Waals surface area contributed by atoms with Crippen molar-refractivity contribution in [3.8, 4) is 11.8 Å². The second kappa shape index (κ2) is 10.6. The number of benzene rings is 2. The topological polar surface area (TPSA) is 68.6 Å². The maximum atomic E-state index is 12.4. The van der Waals surface area contributed by atoms with Crippen molar-refractivity contribution in [3.05, 3.63) is 65.2 Å². The third-order valence-corrected chi connectivity index (χ3v) is 4.99. The fourth-order valence-electron chi connectivity index (χ4n) is 3.32. The lowest BCUT2D eigenvalue weighted by atomic mass is 10.1. The van der Waals surface area contributed by atoms with Crippen molar-refractivity contribution >= 4 is 6.03 Å². The molecule has 1 saturated heterocycles. The smallest absolute Gasteiger partial charge is 0.387 e. The minimum Gasteiger partial charge on any atom is -0.435 e. The number of nitriles is 1. The van der Waals surface area contributed by atoms with Gasteiger partial charge in [-0.3, -0.25) is 4.90 Å². The lowest BCUT2D eigenvalue weighted by Crippen LogP contribution is -2.51. The second-order valence-corrected chi connectivity index (χ2v) is 7.08. The van der Waals surface area contributed by atoms with Gasteiger partial charge in [-0.1, -0.05) is 24.3 Å². The molecule has 1 heterocycles. The Labute approximate surface area is 174 Å². The number of rotatable bonds is 7. The predicted molar refractivity (Wildman–Crippen MR) is 108 cm³/mol. The maximum Gasteiger partial charge on any atom is 0.387 e. The van der Waals surface area contributed by atoms with Crippen molar-refractivity contribution in [2.45, 2.75) is 19.6 Å². The highest BCUT2D eigenvalue weighted by Gasteiger charge is 2.20. The number of nitrogens with one attached hydrogen (secondary N) is 1. The average molecular weight is 414 g/mol. The standard InChI is InChI=1S/C22H24F2N4O2/c23-21(24)30-20-7-5-17(6-8-20)9-10-26-22(29)28-13-11-27(12-14-28)16-19-3-1-18(15-25)2-4-19/h1-8,21H,9-14,16H2,(H,26,29). The largest absolute Gasteiger partial charge is 0.435 e. The number of ether oxygens (including phenoxy) is 1. The normalized spacial score (nSPS) is 14.4. The van der Waals surface area contributed by atoms with Crippen LogP contribution in [-0.4, -0.2) is 55.2 Å². The molecule has 0 radical (unpaired) electrons. The summed E-state index contributed by atoms with van der Waals surface area (Å²) in [5.41, 5.74) is 2.73. The van der Waals surface area contributed by atoms with Crippen molar-refractivity contribution in [2.75, 3.05) is 32.7 Å². The molecule has 2 aromatic rings. The van der Waals surface area contributed by atoms with Gasteiger partial charge in [0.2, 0.25) is 0 Å². The molecule has 158 valence electrons. The molecule has 0 spiro atoms. The molecule has 8 heteroatoms. The molecule has 30 heavy (non-hydrogen) atoms. The van der Waals surface area contributed by atoms with E-state index in [0.717, 1.165) is 30.8 Å². The molecule has 0 bridgehead atoms. The van der Waals surface area contributed by atoms with Crippen LogP contribution < -0.4 is 10.1 Å². The molecular weight excluding hydrogens is 390 g/mol. The Balaban J connectivity index is 1.36. The van der Waals surface area contributed by atoms with Crippen molar-refractivity contribution < 1.29 is 18.3 Å². The monoisotopic (exact) mass is 414 g/mol. The van der Waals surface area contributed by atoms with E-state index in [-0.39, 0.29) is 11.8 Å². The highest BCUT2D eigenvalue weighted by atomic mass is 19.3. The van der Waals surface area contributed by atoms with E-state index < -0.39 is 6.61 Å². The third-order valence-electron chi connectivity index (χ3n) is 4.99. The van der Waals surface area contributed by atoms with E-state index in [1.807, 2.05) is 24.3 Å². The summed E-state index contributed by atoms with van der Waals surface area (Å²) in [6.45, 7) is 1.33. The second-order valence-electron chi connectivity index (χ2n) is 7.08. The van der Waals surface area contributed by atoms with E-state index in [0.29, 0.717) is 31.6 Å². The van der Waals surface area contributed by atoms with Gasteiger partial charge in [-0.05, 0) is 41.8 Å². The summed E-state index contributed by atoms with van der Waals surface area (Å²) >= 11 is 0. The molecular formula is C22H24F2N4O2. The minimum absolute atomic E-state index is 0.0920. The number of piperazine rings is 1. The average Bonchev–Trinajstić information content (AvgIpc) is 2.75. The van der Waals surface area contributed by atoms with Gasteiger partial charge in [0.25, 0.3) is 0 Å². The summed E-state index contributed by atoms with van der Waals surface area (Å²) in [5.74, 6) is 0.122. The molecule has 6 nitrogen and oxygen atoms in total. The first kappa shape index (κ1) is 21.5. The summed E-state index contributed by atoms with van der Waals surface area (Å²) in [6.07, 6.45) is 0.610. The molecule has 2 aromatic carbocycles. The summed E-state index contributed by atoms with van der Waals surface area (Å²) in [6, 6.07) is 16.0. The fourth-order valence-corrected chi connectivity index (χ4v) is 3.32. The van der Waals surface area contributed by atoms with E-state index in [2.05, 4.69) is 21.0 Å². The van der Waals surface area contributed by atoms with Gasteiger partial charge in [-0.15, -0.1) is 0 Å². The van der Waals surface area contributed by atoms with Crippen LogP contribution in [0.4, 0.5) is 13.6 Å². The van der Waals surface area contributed by atoms with Crippen LogP contribution in [0.3, 0.4) is 0 Å². The lowest BCUT2D eigenvalue weighted by molar-refractivity contribution is -0.0498. The number of hydrogen-bond donors (Lipinski definition) is 1. The van der Waals surface area contributed by atoms with E-state index >= 15 is 0 Å². The molecule has 0 aromatic heterocycles. The van der Waals surface area contributed by atoms with Gasteiger partial charge < -0.3 is 15.0 Å². The van der Waals surface area contributed by atoms with E-state index in [1.54, 1.807) is 17.0 Å². The summed E-state index contributed by atoms with van der Waals surface area (Å²) < 4.78 is 28.6. The van der Waals surface area contributed by atoms with Crippen molar-refractivity contribution in [1.29, 1.82) is 5.26 Å².